The number of carbonyl (C=O) groups is 1. The average molecular weight is 239 g/mol. The molecule has 1 heterocycles. The van der Waals surface area contributed by atoms with Crippen molar-refractivity contribution in [1.29, 1.82) is 0 Å². The van der Waals surface area contributed by atoms with Crippen LogP contribution >= 0.6 is 0 Å². The third-order valence-electron chi connectivity index (χ3n) is 3.40. The fraction of sp³-hybridized carbons (Fsp3) is 0.133. The van der Waals surface area contributed by atoms with Crippen molar-refractivity contribution < 1.29 is 9.90 Å². The topological polar surface area (TPSA) is 53.1 Å². The number of aromatic nitrogens is 1. The van der Waals surface area contributed by atoms with Crippen molar-refractivity contribution in [3.63, 3.8) is 0 Å². The first-order valence-corrected chi connectivity index (χ1v) is 5.90. The van der Waals surface area contributed by atoms with Crippen LogP contribution in [0.3, 0.4) is 0 Å². The summed E-state index contributed by atoms with van der Waals surface area (Å²) in [6.45, 7) is 1.71. The maximum atomic E-state index is 11.0. The molecule has 3 heteroatoms. The molecule has 3 nitrogen and oxygen atoms in total. The lowest BCUT2D eigenvalue weighted by Crippen LogP contribution is -2.06. The van der Waals surface area contributed by atoms with Crippen molar-refractivity contribution in [2.75, 3.05) is 0 Å². The monoisotopic (exact) mass is 239 g/mol. The zero-order chi connectivity index (χ0) is 12.7. The number of carboxylic acid groups (broad SMARTS) is 1. The maximum Gasteiger partial charge on any atom is 0.310 e. The average Bonchev–Trinajstić information content (AvgIpc) is 2.75. The lowest BCUT2D eigenvalue weighted by molar-refractivity contribution is -0.138. The summed E-state index contributed by atoms with van der Waals surface area (Å²) in [4.78, 5) is 14.4. The summed E-state index contributed by atoms with van der Waals surface area (Å²) >= 11 is 0. The van der Waals surface area contributed by atoms with Gasteiger partial charge in [-0.15, -0.1) is 0 Å². The number of benzene rings is 2. The lowest BCUT2D eigenvalue weighted by Gasteiger charge is -2.06. The Kier molecular flexibility index (Phi) is 2.33. The van der Waals surface area contributed by atoms with E-state index >= 15 is 0 Å². The minimum Gasteiger partial charge on any atom is -0.481 e. The van der Waals surface area contributed by atoms with Crippen molar-refractivity contribution in [1.82, 2.24) is 4.98 Å². The van der Waals surface area contributed by atoms with Crippen LogP contribution in [0, 0.1) is 0 Å². The quantitative estimate of drug-likeness (QED) is 0.719. The Bertz CT molecular complexity index is 742. The van der Waals surface area contributed by atoms with Crippen molar-refractivity contribution in [2.24, 2.45) is 0 Å². The Balaban J connectivity index is 2.27. The summed E-state index contributed by atoms with van der Waals surface area (Å²) in [5, 5.41) is 11.3. The van der Waals surface area contributed by atoms with Crippen LogP contribution in [0.1, 0.15) is 18.4 Å². The van der Waals surface area contributed by atoms with E-state index in [1.165, 1.54) is 0 Å². The van der Waals surface area contributed by atoms with Gasteiger partial charge >= 0.3 is 5.97 Å². The molecule has 0 aliphatic heterocycles. The highest BCUT2D eigenvalue weighted by molar-refractivity contribution is 6.07. The first-order valence-electron chi connectivity index (χ1n) is 5.90. The zero-order valence-electron chi connectivity index (χ0n) is 9.97. The molecule has 90 valence electrons. The van der Waals surface area contributed by atoms with Gasteiger partial charge in [-0.3, -0.25) is 4.79 Å². The first-order chi connectivity index (χ1) is 8.66. The molecule has 0 aliphatic carbocycles. The second kappa shape index (κ2) is 3.88. The molecule has 3 rings (SSSR count). The summed E-state index contributed by atoms with van der Waals surface area (Å²) in [6, 6.07) is 13.8. The summed E-state index contributed by atoms with van der Waals surface area (Å²) < 4.78 is 0. The number of nitrogens with one attached hydrogen (secondary N) is 1. The second-order valence-electron chi connectivity index (χ2n) is 4.54. The molecular formula is C15H13NO2. The molecule has 0 amide bonds. The molecule has 1 unspecified atom stereocenters. The molecule has 0 saturated carbocycles. The number of aliphatic carboxylic acids is 1. The van der Waals surface area contributed by atoms with Crippen LogP contribution in [-0.2, 0) is 4.79 Å². The Hall–Kier alpha value is -2.29. The molecule has 1 aromatic heterocycles. The highest BCUT2D eigenvalue weighted by Gasteiger charge is 2.14. The summed E-state index contributed by atoms with van der Waals surface area (Å²) in [7, 11) is 0. The second-order valence-corrected chi connectivity index (χ2v) is 4.54. The molecule has 0 aliphatic rings. The third-order valence-corrected chi connectivity index (χ3v) is 3.40. The highest BCUT2D eigenvalue weighted by Crippen LogP contribution is 2.28. The fourth-order valence-electron chi connectivity index (χ4n) is 2.28. The molecule has 2 N–H and O–H groups in total. The molecular weight excluding hydrogens is 226 g/mol. The van der Waals surface area contributed by atoms with Crippen molar-refractivity contribution in [3.05, 3.63) is 48.0 Å². The van der Waals surface area contributed by atoms with E-state index in [0.717, 1.165) is 27.4 Å². The van der Waals surface area contributed by atoms with Gasteiger partial charge in [0.2, 0.25) is 0 Å². The van der Waals surface area contributed by atoms with Crippen molar-refractivity contribution in [2.45, 2.75) is 12.8 Å². The summed E-state index contributed by atoms with van der Waals surface area (Å²) in [5.41, 5.74) is 2.95. The minimum absolute atomic E-state index is 0.483. The normalized spacial score (nSPS) is 12.9. The van der Waals surface area contributed by atoms with Gasteiger partial charge in [0, 0.05) is 21.8 Å². The van der Waals surface area contributed by atoms with E-state index in [-0.39, 0.29) is 0 Å². The van der Waals surface area contributed by atoms with Gasteiger partial charge in [0.1, 0.15) is 0 Å². The molecule has 0 radical (unpaired) electrons. The number of carboxylic acids is 1. The SMILES string of the molecule is CC(C(=O)O)c1ccc2[nH]c3ccccc3c2c1. The van der Waals surface area contributed by atoms with E-state index in [2.05, 4.69) is 4.98 Å². The largest absolute Gasteiger partial charge is 0.481 e. The predicted molar refractivity (Wildman–Crippen MR) is 71.9 cm³/mol. The molecule has 0 saturated heterocycles. The number of hydrogen-bond donors (Lipinski definition) is 2. The van der Waals surface area contributed by atoms with Crippen LogP contribution in [0.15, 0.2) is 42.5 Å². The van der Waals surface area contributed by atoms with Crippen LogP contribution in [-0.4, -0.2) is 16.1 Å². The van der Waals surface area contributed by atoms with Crippen LogP contribution in [0.5, 0.6) is 0 Å². The van der Waals surface area contributed by atoms with E-state index in [0.29, 0.717) is 0 Å². The van der Waals surface area contributed by atoms with Gasteiger partial charge in [-0.05, 0) is 30.7 Å². The van der Waals surface area contributed by atoms with Crippen LogP contribution in [0.4, 0.5) is 0 Å². The van der Waals surface area contributed by atoms with E-state index in [1.807, 2.05) is 42.5 Å². The zero-order valence-corrected chi connectivity index (χ0v) is 9.97. The number of rotatable bonds is 2. The molecule has 1 atom stereocenters. The van der Waals surface area contributed by atoms with E-state index in [1.54, 1.807) is 6.92 Å². The van der Waals surface area contributed by atoms with E-state index < -0.39 is 11.9 Å². The van der Waals surface area contributed by atoms with E-state index in [9.17, 15) is 4.79 Å². The van der Waals surface area contributed by atoms with Gasteiger partial charge < -0.3 is 10.1 Å². The Labute approximate surface area is 104 Å². The summed E-state index contributed by atoms with van der Waals surface area (Å²) in [5.74, 6) is -1.28. The molecule has 18 heavy (non-hydrogen) atoms. The minimum atomic E-state index is -0.797. The maximum absolute atomic E-state index is 11.0. The van der Waals surface area contributed by atoms with Gasteiger partial charge in [-0.1, -0.05) is 24.3 Å². The number of aromatic amines is 1. The van der Waals surface area contributed by atoms with Crippen LogP contribution in [0.2, 0.25) is 0 Å². The summed E-state index contributed by atoms with van der Waals surface area (Å²) in [6.07, 6.45) is 0. The standard InChI is InChI=1S/C15H13NO2/c1-9(15(17)18)10-6-7-14-12(8-10)11-4-2-3-5-13(11)16-14/h2-9,16H,1H3,(H,17,18). The van der Waals surface area contributed by atoms with Crippen LogP contribution in [0.25, 0.3) is 21.8 Å². The molecule has 0 fully saturated rings. The van der Waals surface area contributed by atoms with Crippen LogP contribution < -0.4 is 0 Å². The van der Waals surface area contributed by atoms with Gasteiger partial charge in [-0.25, -0.2) is 0 Å². The first kappa shape index (κ1) is 10.8. The molecule has 2 aromatic carbocycles. The highest BCUT2D eigenvalue weighted by atomic mass is 16.4. The predicted octanol–water partition coefficient (Wildman–Crippen LogP) is 3.51. The van der Waals surface area contributed by atoms with Gasteiger partial charge in [0.25, 0.3) is 0 Å². The number of H-pyrrole nitrogens is 1. The lowest BCUT2D eigenvalue weighted by atomic mass is 9.99. The number of fused-ring (bicyclic) bond motifs is 3. The third kappa shape index (κ3) is 1.56. The number of hydrogen-bond acceptors (Lipinski definition) is 1. The Morgan fingerprint density at radius 3 is 2.61 bits per heavy atom. The number of para-hydroxylation sites is 1. The van der Waals surface area contributed by atoms with Gasteiger partial charge in [0.15, 0.2) is 0 Å². The van der Waals surface area contributed by atoms with Crippen molar-refractivity contribution >= 4 is 27.8 Å². The molecule has 3 aromatic rings. The van der Waals surface area contributed by atoms with Gasteiger partial charge in [-0.2, -0.15) is 0 Å². The fourth-order valence-corrected chi connectivity index (χ4v) is 2.28. The molecule has 0 spiro atoms. The van der Waals surface area contributed by atoms with Gasteiger partial charge in [0.05, 0.1) is 5.92 Å². The Morgan fingerprint density at radius 2 is 1.83 bits per heavy atom. The smallest absolute Gasteiger partial charge is 0.310 e. The Morgan fingerprint density at radius 1 is 1.11 bits per heavy atom. The van der Waals surface area contributed by atoms with E-state index in [4.69, 9.17) is 5.11 Å². The van der Waals surface area contributed by atoms with Crippen molar-refractivity contribution in [3.8, 4) is 0 Å². The molecule has 0 bridgehead atoms.